The number of thioether (sulfide) groups is 1. The van der Waals surface area contributed by atoms with Gasteiger partial charge in [-0.15, -0.1) is 11.8 Å². The summed E-state index contributed by atoms with van der Waals surface area (Å²) in [5.41, 5.74) is 0. The van der Waals surface area contributed by atoms with Gasteiger partial charge in [0.2, 0.25) is 0 Å². The third kappa shape index (κ3) is 6.57. The Bertz CT molecular complexity index is 361. The van der Waals surface area contributed by atoms with Gasteiger partial charge in [-0.3, -0.25) is 0 Å². The highest BCUT2D eigenvalue weighted by atomic mass is 32.2. The molecule has 1 rings (SSSR count). The van der Waals surface area contributed by atoms with E-state index >= 15 is 0 Å². The molecule has 0 radical (unpaired) electrons. The van der Waals surface area contributed by atoms with Gasteiger partial charge in [-0.1, -0.05) is 27.2 Å². The lowest BCUT2D eigenvalue weighted by Crippen LogP contribution is -2.07. The van der Waals surface area contributed by atoms with Gasteiger partial charge in [-0.2, -0.15) is 0 Å². The molecule has 0 aromatic carbocycles. The predicted molar refractivity (Wildman–Crippen MR) is 86.3 cm³/mol. The SMILES string of the molecule is CCCNc1cc(SCC(C)CC)nc(COCC)n1. The maximum Gasteiger partial charge on any atom is 0.157 e. The number of nitrogens with zero attached hydrogens (tertiary/aromatic N) is 2. The van der Waals surface area contributed by atoms with Crippen molar-refractivity contribution < 1.29 is 4.74 Å². The van der Waals surface area contributed by atoms with Crippen LogP contribution in [-0.2, 0) is 11.3 Å². The van der Waals surface area contributed by atoms with Crippen molar-refractivity contribution in [2.45, 2.75) is 52.2 Å². The molecular weight excluding hydrogens is 270 g/mol. The average molecular weight is 297 g/mol. The van der Waals surface area contributed by atoms with Crippen LogP contribution in [0.2, 0.25) is 0 Å². The highest BCUT2D eigenvalue weighted by molar-refractivity contribution is 7.99. The van der Waals surface area contributed by atoms with Crippen molar-refractivity contribution in [3.05, 3.63) is 11.9 Å². The van der Waals surface area contributed by atoms with Gasteiger partial charge in [-0.25, -0.2) is 9.97 Å². The molecule has 0 spiro atoms. The molecule has 0 fully saturated rings. The van der Waals surface area contributed by atoms with E-state index in [9.17, 15) is 0 Å². The maximum absolute atomic E-state index is 5.42. The summed E-state index contributed by atoms with van der Waals surface area (Å²) in [6.45, 7) is 10.7. The van der Waals surface area contributed by atoms with Gasteiger partial charge < -0.3 is 10.1 Å². The number of rotatable bonds is 10. The summed E-state index contributed by atoms with van der Waals surface area (Å²) in [6.07, 6.45) is 2.28. The molecule has 0 saturated heterocycles. The normalized spacial score (nSPS) is 12.4. The van der Waals surface area contributed by atoms with Crippen molar-refractivity contribution in [3.8, 4) is 0 Å². The van der Waals surface area contributed by atoms with E-state index in [0.29, 0.717) is 19.1 Å². The fraction of sp³-hybridized carbons (Fsp3) is 0.733. The smallest absolute Gasteiger partial charge is 0.157 e. The van der Waals surface area contributed by atoms with Gasteiger partial charge >= 0.3 is 0 Å². The zero-order valence-corrected chi connectivity index (χ0v) is 13.9. The monoisotopic (exact) mass is 297 g/mol. The molecule has 1 N–H and O–H groups in total. The minimum atomic E-state index is 0.481. The first kappa shape index (κ1) is 17.2. The van der Waals surface area contributed by atoms with E-state index in [2.05, 4.69) is 36.1 Å². The summed E-state index contributed by atoms with van der Waals surface area (Å²) in [7, 11) is 0. The van der Waals surface area contributed by atoms with E-state index in [1.54, 1.807) is 11.8 Å². The van der Waals surface area contributed by atoms with Crippen LogP contribution in [0.3, 0.4) is 0 Å². The van der Waals surface area contributed by atoms with Crippen LogP contribution in [0.1, 0.15) is 46.4 Å². The minimum Gasteiger partial charge on any atom is -0.374 e. The van der Waals surface area contributed by atoms with Crippen LogP contribution >= 0.6 is 11.8 Å². The van der Waals surface area contributed by atoms with Gasteiger partial charge in [-0.05, 0) is 19.3 Å². The number of hydrogen-bond acceptors (Lipinski definition) is 5. The van der Waals surface area contributed by atoms with Crippen LogP contribution in [0.15, 0.2) is 11.1 Å². The molecule has 1 atom stereocenters. The van der Waals surface area contributed by atoms with E-state index in [-0.39, 0.29) is 0 Å². The van der Waals surface area contributed by atoms with Gasteiger partial charge in [0.1, 0.15) is 17.5 Å². The van der Waals surface area contributed by atoms with E-state index in [1.165, 1.54) is 6.42 Å². The molecule has 20 heavy (non-hydrogen) atoms. The second-order valence-corrected chi connectivity index (χ2v) is 5.94. The second-order valence-electron chi connectivity index (χ2n) is 4.90. The molecule has 0 bridgehead atoms. The number of anilines is 1. The second kappa shape index (κ2) is 10.00. The lowest BCUT2D eigenvalue weighted by molar-refractivity contribution is 0.128. The molecular formula is C15H27N3OS. The molecule has 4 nitrogen and oxygen atoms in total. The number of hydrogen-bond donors (Lipinski definition) is 1. The summed E-state index contributed by atoms with van der Waals surface area (Å²) in [6, 6.07) is 2.04. The minimum absolute atomic E-state index is 0.481. The van der Waals surface area contributed by atoms with Crippen LogP contribution < -0.4 is 5.32 Å². The largest absolute Gasteiger partial charge is 0.374 e. The topological polar surface area (TPSA) is 47.0 Å². The Balaban J connectivity index is 2.73. The van der Waals surface area contributed by atoms with Crippen molar-refractivity contribution >= 4 is 17.6 Å². The van der Waals surface area contributed by atoms with Crippen LogP contribution in [0, 0.1) is 5.92 Å². The van der Waals surface area contributed by atoms with Crippen molar-refractivity contribution in [3.63, 3.8) is 0 Å². The third-order valence-corrected chi connectivity index (χ3v) is 4.19. The van der Waals surface area contributed by atoms with Gasteiger partial charge in [0.15, 0.2) is 5.82 Å². The Hall–Kier alpha value is -0.810. The number of aromatic nitrogens is 2. The summed E-state index contributed by atoms with van der Waals surface area (Å²) >= 11 is 1.80. The van der Waals surface area contributed by atoms with Gasteiger partial charge in [0.25, 0.3) is 0 Å². The molecule has 114 valence electrons. The Labute approximate surface area is 127 Å². The van der Waals surface area contributed by atoms with Gasteiger partial charge in [0.05, 0.1) is 0 Å². The number of ether oxygens (including phenoxy) is 1. The summed E-state index contributed by atoms with van der Waals surface area (Å²) in [4.78, 5) is 9.07. The first-order valence-electron chi connectivity index (χ1n) is 7.51. The molecule has 0 aliphatic carbocycles. The first-order chi connectivity index (χ1) is 9.69. The average Bonchev–Trinajstić information content (AvgIpc) is 2.48. The molecule has 1 aromatic rings. The van der Waals surface area contributed by atoms with Crippen molar-refractivity contribution in [2.24, 2.45) is 5.92 Å². The van der Waals surface area contributed by atoms with Gasteiger partial charge in [0, 0.05) is 25.0 Å². The molecule has 1 unspecified atom stereocenters. The van der Waals surface area contributed by atoms with Crippen LogP contribution in [0.25, 0.3) is 0 Å². The highest BCUT2D eigenvalue weighted by Crippen LogP contribution is 2.22. The van der Waals surface area contributed by atoms with E-state index in [0.717, 1.165) is 35.4 Å². The Morgan fingerprint density at radius 2 is 2.10 bits per heavy atom. The van der Waals surface area contributed by atoms with E-state index in [1.807, 2.05) is 13.0 Å². The standard InChI is InChI=1S/C15H27N3OS/c1-5-8-16-13-9-15(20-11-12(4)6-2)18-14(17-13)10-19-7-3/h9,12H,5-8,10-11H2,1-4H3,(H,16,17,18). The first-order valence-corrected chi connectivity index (χ1v) is 8.50. The summed E-state index contributed by atoms with van der Waals surface area (Å²) in [5.74, 6) is 3.47. The maximum atomic E-state index is 5.42. The van der Waals surface area contributed by atoms with E-state index < -0.39 is 0 Å². The molecule has 0 aliphatic heterocycles. The summed E-state index contributed by atoms with van der Waals surface area (Å²) in [5, 5.41) is 4.37. The van der Waals surface area contributed by atoms with Crippen LogP contribution in [0.5, 0.6) is 0 Å². The zero-order chi connectivity index (χ0) is 14.8. The lowest BCUT2D eigenvalue weighted by atomic mass is 10.2. The number of nitrogens with one attached hydrogen (secondary N) is 1. The molecule has 5 heteroatoms. The van der Waals surface area contributed by atoms with Crippen LogP contribution in [0.4, 0.5) is 5.82 Å². The van der Waals surface area contributed by atoms with Crippen LogP contribution in [-0.4, -0.2) is 28.9 Å². The fourth-order valence-electron chi connectivity index (χ4n) is 1.49. The summed E-state index contributed by atoms with van der Waals surface area (Å²) < 4.78 is 5.42. The molecule has 0 saturated carbocycles. The Morgan fingerprint density at radius 1 is 1.30 bits per heavy atom. The molecule has 0 aliphatic rings. The third-order valence-electron chi connectivity index (χ3n) is 2.95. The predicted octanol–water partition coefficient (Wildman–Crippen LogP) is 3.97. The Morgan fingerprint density at radius 3 is 2.75 bits per heavy atom. The van der Waals surface area contributed by atoms with Crippen molar-refractivity contribution in [1.29, 1.82) is 0 Å². The van der Waals surface area contributed by atoms with E-state index in [4.69, 9.17) is 4.74 Å². The fourth-order valence-corrected chi connectivity index (χ4v) is 2.55. The Kier molecular flexibility index (Phi) is 8.62. The lowest BCUT2D eigenvalue weighted by Gasteiger charge is -2.11. The molecule has 1 heterocycles. The van der Waals surface area contributed by atoms with Crippen molar-refractivity contribution in [1.82, 2.24) is 9.97 Å². The molecule has 1 aromatic heterocycles. The van der Waals surface area contributed by atoms with Crippen molar-refractivity contribution in [2.75, 3.05) is 24.2 Å². The highest BCUT2D eigenvalue weighted by Gasteiger charge is 2.07. The molecule has 0 amide bonds. The quantitative estimate of drug-likeness (QED) is 0.523. The zero-order valence-electron chi connectivity index (χ0n) is 13.1.